The Morgan fingerprint density at radius 1 is 1.36 bits per heavy atom. The number of rotatable bonds is 5. The average Bonchev–Trinajstić information content (AvgIpc) is 2.87. The quantitative estimate of drug-likeness (QED) is 0.709. The van der Waals surface area contributed by atoms with Crippen molar-refractivity contribution in [3.63, 3.8) is 0 Å². The van der Waals surface area contributed by atoms with Gasteiger partial charge in [-0.1, -0.05) is 28.1 Å². The highest BCUT2D eigenvalue weighted by Crippen LogP contribution is 2.19. The van der Waals surface area contributed by atoms with E-state index >= 15 is 0 Å². The number of hydrogen-bond acceptors (Lipinski definition) is 4. The molecule has 1 N–H and O–H groups in total. The summed E-state index contributed by atoms with van der Waals surface area (Å²) >= 11 is 3.40. The summed E-state index contributed by atoms with van der Waals surface area (Å²) < 4.78 is 7.87. The zero-order chi connectivity index (χ0) is 18.0. The molecule has 0 saturated heterocycles. The van der Waals surface area contributed by atoms with Gasteiger partial charge in [0.25, 0.3) is 5.56 Å². The first kappa shape index (κ1) is 17.4. The number of fused-ring (bicyclic) bond motifs is 1. The van der Waals surface area contributed by atoms with Crippen LogP contribution >= 0.6 is 15.9 Å². The third-order valence-corrected chi connectivity index (χ3v) is 4.61. The lowest BCUT2D eigenvalue weighted by Gasteiger charge is -2.07. The number of benzene rings is 1. The van der Waals surface area contributed by atoms with E-state index in [2.05, 4.69) is 26.2 Å². The molecule has 7 heteroatoms. The van der Waals surface area contributed by atoms with Gasteiger partial charge in [0.15, 0.2) is 0 Å². The molecule has 2 heterocycles. The summed E-state index contributed by atoms with van der Waals surface area (Å²) in [5, 5.41) is 3.34. The molecule has 6 nitrogen and oxygen atoms in total. The normalized spacial score (nSPS) is 11.0. The molecule has 130 valence electrons. The maximum absolute atomic E-state index is 12.5. The lowest BCUT2D eigenvalue weighted by Crippen LogP contribution is -2.27. The molecular formula is C18H18BrN3O3. The molecule has 3 aromatic rings. The Kier molecular flexibility index (Phi) is 5.03. The minimum absolute atomic E-state index is 0.118. The van der Waals surface area contributed by atoms with Gasteiger partial charge in [-0.3, -0.25) is 14.2 Å². The molecule has 0 bridgehead atoms. The van der Waals surface area contributed by atoms with Crippen LogP contribution in [0.1, 0.15) is 23.3 Å². The third-order valence-electron chi connectivity index (χ3n) is 4.11. The van der Waals surface area contributed by atoms with Gasteiger partial charge in [-0.05, 0) is 31.5 Å². The lowest BCUT2D eigenvalue weighted by atomic mass is 10.2. The van der Waals surface area contributed by atoms with Crippen LogP contribution in [0.3, 0.4) is 0 Å². The standard InChI is InChI=1S/C18H18BrN3O3/c1-11-12(2)25-17-16(11)18(24)22(10-21-17)7-6-15(23)20-9-13-4-3-5-14(19)8-13/h3-5,8,10H,6-7,9H2,1-2H3,(H,20,23). The van der Waals surface area contributed by atoms with Gasteiger partial charge in [-0.25, -0.2) is 4.98 Å². The van der Waals surface area contributed by atoms with Crippen LogP contribution in [0, 0.1) is 13.8 Å². The highest BCUT2D eigenvalue weighted by molar-refractivity contribution is 9.10. The summed E-state index contributed by atoms with van der Waals surface area (Å²) in [4.78, 5) is 28.7. The minimum Gasteiger partial charge on any atom is -0.443 e. The van der Waals surface area contributed by atoms with Crippen molar-refractivity contribution in [2.75, 3.05) is 0 Å². The van der Waals surface area contributed by atoms with Crippen LogP contribution in [0.2, 0.25) is 0 Å². The van der Waals surface area contributed by atoms with Gasteiger partial charge in [0.1, 0.15) is 17.5 Å². The second-order valence-electron chi connectivity index (χ2n) is 5.86. The Morgan fingerprint density at radius 2 is 2.16 bits per heavy atom. The van der Waals surface area contributed by atoms with Crippen molar-refractivity contribution in [1.29, 1.82) is 0 Å². The number of aromatic nitrogens is 2. The summed E-state index contributed by atoms with van der Waals surface area (Å²) in [5.74, 6) is 0.566. The van der Waals surface area contributed by atoms with Gasteiger partial charge in [-0.15, -0.1) is 0 Å². The van der Waals surface area contributed by atoms with Crippen LogP contribution in [-0.4, -0.2) is 15.5 Å². The zero-order valence-corrected chi connectivity index (χ0v) is 15.6. The number of aryl methyl sites for hydroxylation is 3. The van der Waals surface area contributed by atoms with Gasteiger partial charge < -0.3 is 9.73 Å². The highest BCUT2D eigenvalue weighted by Gasteiger charge is 2.14. The summed E-state index contributed by atoms with van der Waals surface area (Å²) in [7, 11) is 0. The van der Waals surface area contributed by atoms with Crippen LogP contribution in [0.15, 0.2) is 44.3 Å². The average molecular weight is 404 g/mol. The minimum atomic E-state index is -0.181. The van der Waals surface area contributed by atoms with E-state index in [0.29, 0.717) is 23.4 Å². The van der Waals surface area contributed by atoms with E-state index < -0.39 is 0 Å². The Labute approximate surface area is 153 Å². The third kappa shape index (κ3) is 3.82. The first-order chi connectivity index (χ1) is 12.0. The molecular weight excluding hydrogens is 386 g/mol. The lowest BCUT2D eigenvalue weighted by molar-refractivity contribution is -0.121. The predicted molar refractivity (Wildman–Crippen MR) is 98.3 cm³/mol. The summed E-state index contributed by atoms with van der Waals surface area (Å²) in [5.41, 5.74) is 1.96. The van der Waals surface area contributed by atoms with Gasteiger partial charge in [-0.2, -0.15) is 0 Å². The summed E-state index contributed by atoms with van der Waals surface area (Å²) in [6, 6.07) is 7.74. The number of carbonyl (C=O) groups is 1. The number of nitrogens with one attached hydrogen (secondary N) is 1. The molecule has 0 radical (unpaired) electrons. The van der Waals surface area contributed by atoms with Crippen LogP contribution in [0.4, 0.5) is 0 Å². The predicted octanol–water partition coefficient (Wildman–Crippen LogP) is 3.08. The SMILES string of the molecule is Cc1oc2ncn(CCC(=O)NCc3cccc(Br)c3)c(=O)c2c1C. The van der Waals surface area contributed by atoms with Crippen LogP contribution in [0.5, 0.6) is 0 Å². The maximum Gasteiger partial charge on any atom is 0.264 e. The second kappa shape index (κ2) is 7.23. The second-order valence-corrected chi connectivity index (χ2v) is 6.78. The van der Waals surface area contributed by atoms with Crippen molar-refractivity contribution in [2.24, 2.45) is 0 Å². The molecule has 25 heavy (non-hydrogen) atoms. The van der Waals surface area contributed by atoms with Crippen LogP contribution in [0.25, 0.3) is 11.1 Å². The Balaban J connectivity index is 1.64. The monoisotopic (exact) mass is 403 g/mol. The van der Waals surface area contributed by atoms with E-state index in [1.807, 2.05) is 31.2 Å². The molecule has 0 spiro atoms. The van der Waals surface area contributed by atoms with E-state index in [4.69, 9.17) is 4.42 Å². The number of hydrogen-bond donors (Lipinski definition) is 1. The highest BCUT2D eigenvalue weighted by atomic mass is 79.9. The molecule has 1 amide bonds. The molecule has 0 atom stereocenters. The molecule has 2 aromatic heterocycles. The topological polar surface area (TPSA) is 77.1 Å². The van der Waals surface area contributed by atoms with E-state index in [1.54, 1.807) is 6.92 Å². The van der Waals surface area contributed by atoms with Crippen LogP contribution in [-0.2, 0) is 17.9 Å². The molecule has 0 aliphatic carbocycles. The number of carbonyl (C=O) groups excluding carboxylic acids is 1. The summed E-state index contributed by atoms with van der Waals surface area (Å²) in [6.45, 7) is 4.36. The van der Waals surface area contributed by atoms with Crippen molar-refractivity contribution in [3.8, 4) is 0 Å². The van der Waals surface area contributed by atoms with Crippen LogP contribution < -0.4 is 10.9 Å². The smallest absolute Gasteiger partial charge is 0.264 e. The van der Waals surface area contributed by atoms with Crippen molar-refractivity contribution in [2.45, 2.75) is 33.4 Å². The summed E-state index contributed by atoms with van der Waals surface area (Å²) in [6.07, 6.45) is 1.63. The number of furan rings is 1. The molecule has 0 aliphatic rings. The van der Waals surface area contributed by atoms with Gasteiger partial charge in [0.05, 0.1) is 0 Å². The van der Waals surface area contributed by atoms with E-state index in [1.165, 1.54) is 10.9 Å². The van der Waals surface area contributed by atoms with E-state index in [-0.39, 0.29) is 24.4 Å². The Hall–Kier alpha value is -2.41. The van der Waals surface area contributed by atoms with Gasteiger partial charge in [0, 0.05) is 29.5 Å². The largest absolute Gasteiger partial charge is 0.443 e. The number of nitrogens with zero attached hydrogens (tertiary/aromatic N) is 2. The number of amides is 1. The Bertz CT molecular complexity index is 991. The van der Waals surface area contributed by atoms with E-state index in [0.717, 1.165) is 15.6 Å². The zero-order valence-electron chi connectivity index (χ0n) is 14.0. The Morgan fingerprint density at radius 3 is 2.92 bits per heavy atom. The number of halogens is 1. The molecule has 0 aliphatic heterocycles. The van der Waals surface area contributed by atoms with Gasteiger partial charge in [0.2, 0.25) is 11.6 Å². The fourth-order valence-electron chi connectivity index (χ4n) is 2.59. The molecule has 0 unspecified atom stereocenters. The molecule has 1 aromatic carbocycles. The van der Waals surface area contributed by atoms with Gasteiger partial charge >= 0.3 is 0 Å². The van der Waals surface area contributed by atoms with Crippen molar-refractivity contribution in [3.05, 3.63) is 62.3 Å². The first-order valence-corrected chi connectivity index (χ1v) is 8.71. The van der Waals surface area contributed by atoms with Crippen molar-refractivity contribution in [1.82, 2.24) is 14.9 Å². The van der Waals surface area contributed by atoms with Crippen molar-refractivity contribution < 1.29 is 9.21 Å². The fraction of sp³-hybridized carbons (Fsp3) is 0.278. The molecule has 3 rings (SSSR count). The maximum atomic E-state index is 12.5. The molecule has 0 fully saturated rings. The fourth-order valence-corrected chi connectivity index (χ4v) is 3.03. The first-order valence-electron chi connectivity index (χ1n) is 7.92. The van der Waals surface area contributed by atoms with Crippen molar-refractivity contribution >= 4 is 32.9 Å². The molecule has 0 saturated carbocycles. The van der Waals surface area contributed by atoms with E-state index in [9.17, 15) is 9.59 Å².